The van der Waals surface area contributed by atoms with E-state index in [0.717, 1.165) is 13.0 Å². The summed E-state index contributed by atoms with van der Waals surface area (Å²) in [4.78, 5) is 2.24. The van der Waals surface area contributed by atoms with Crippen molar-refractivity contribution in [1.29, 1.82) is 0 Å². The minimum absolute atomic E-state index is 1.08. The highest BCUT2D eigenvalue weighted by molar-refractivity contribution is 5.90. The van der Waals surface area contributed by atoms with Gasteiger partial charge in [-0.3, -0.25) is 0 Å². The normalized spacial score (nSPS) is 20.1. The Morgan fingerprint density at radius 1 is 0.952 bits per heavy atom. The van der Waals surface area contributed by atoms with Gasteiger partial charge in [-0.1, -0.05) is 24.3 Å². The first-order valence-electron chi connectivity index (χ1n) is 7.39. The highest BCUT2D eigenvalue weighted by Gasteiger charge is 2.19. The third-order valence-corrected chi connectivity index (χ3v) is 4.27. The Balaban J connectivity index is 2.01. The molecule has 0 spiro atoms. The number of nitrogens with zero attached hydrogens (tertiary/aromatic N) is 2. The fraction of sp³-hybridized carbons (Fsp3) is 0.158. The lowest BCUT2D eigenvalue weighted by Crippen LogP contribution is -2.17. The van der Waals surface area contributed by atoms with E-state index in [2.05, 4.69) is 83.7 Å². The lowest BCUT2D eigenvalue weighted by molar-refractivity contribution is 0.449. The summed E-state index contributed by atoms with van der Waals surface area (Å²) in [6.07, 6.45) is 12.0. The van der Waals surface area contributed by atoms with Crippen LogP contribution in [0.5, 0.6) is 0 Å². The van der Waals surface area contributed by atoms with E-state index in [-0.39, 0.29) is 0 Å². The Kier molecular flexibility index (Phi) is 2.81. The topological polar surface area (TPSA) is 8.17 Å². The second-order valence-electron chi connectivity index (χ2n) is 5.65. The number of fused-ring (bicyclic) bond motifs is 2. The molecule has 2 nitrogen and oxygen atoms in total. The van der Waals surface area contributed by atoms with Gasteiger partial charge in [0.15, 0.2) is 0 Å². The highest BCUT2D eigenvalue weighted by atomic mass is 15.1. The van der Waals surface area contributed by atoms with Gasteiger partial charge in [-0.05, 0) is 53.6 Å². The molecule has 21 heavy (non-hydrogen) atoms. The van der Waals surface area contributed by atoms with Crippen LogP contribution in [0.2, 0.25) is 0 Å². The molecule has 1 aromatic heterocycles. The summed E-state index contributed by atoms with van der Waals surface area (Å²) < 4.78 is 2.22. The second kappa shape index (κ2) is 4.81. The average molecular weight is 274 g/mol. The number of hydrogen-bond acceptors (Lipinski definition) is 1. The van der Waals surface area contributed by atoms with E-state index in [0.29, 0.717) is 0 Å². The maximum atomic E-state index is 2.26. The van der Waals surface area contributed by atoms with Gasteiger partial charge in [-0.25, -0.2) is 0 Å². The molecule has 104 valence electrons. The molecule has 0 saturated carbocycles. The molecule has 4 rings (SSSR count). The molecule has 0 amide bonds. The number of aromatic nitrogens is 1. The van der Waals surface area contributed by atoms with Crippen LogP contribution >= 0.6 is 0 Å². The van der Waals surface area contributed by atoms with Gasteiger partial charge in [0, 0.05) is 31.6 Å². The minimum Gasteiger partial charge on any atom is -0.380 e. The van der Waals surface area contributed by atoms with Crippen molar-refractivity contribution in [3.8, 4) is 0 Å². The maximum Gasteiger partial charge on any atom is 0.0531 e. The monoisotopic (exact) mass is 274 g/mol. The van der Waals surface area contributed by atoms with Gasteiger partial charge in [0.1, 0.15) is 0 Å². The van der Waals surface area contributed by atoms with Crippen molar-refractivity contribution in [2.24, 2.45) is 0 Å². The fourth-order valence-electron chi connectivity index (χ4n) is 3.12. The molecule has 2 aliphatic heterocycles. The molecule has 2 aliphatic rings. The molecule has 2 aromatic rings. The van der Waals surface area contributed by atoms with Crippen LogP contribution in [0.4, 0.5) is 0 Å². The van der Waals surface area contributed by atoms with Crippen molar-refractivity contribution in [2.45, 2.75) is 6.42 Å². The zero-order chi connectivity index (χ0) is 14.2. The zero-order valence-corrected chi connectivity index (χ0v) is 12.2. The van der Waals surface area contributed by atoms with Crippen molar-refractivity contribution in [2.75, 3.05) is 13.6 Å². The quantitative estimate of drug-likeness (QED) is 0.599. The fourth-order valence-corrected chi connectivity index (χ4v) is 3.12. The molecule has 0 atom stereocenters. The highest BCUT2D eigenvalue weighted by Crippen LogP contribution is 2.35. The molecule has 0 fully saturated rings. The van der Waals surface area contributed by atoms with Crippen LogP contribution < -0.4 is 0 Å². The van der Waals surface area contributed by atoms with Crippen LogP contribution in [0, 0.1) is 0 Å². The minimum atomic E-state index is 1.08. The second-order valence-corrected chi connectivity index (χ2v) is 5.65. The Hall–Kier alpha value is -2.48. The van der Waals surface area contributed by atoms with E-state index < -0.39 is 0 Å². The van der Waals surface area contributed by atoms with E-state index in [4.69, 9.17) is 0 Å². The Morgan fingerprint density at radius 3 is 2.71 bits per heavy atom. The molecule has 0 radical (unpaired) electrons. The van der Waals surface area contributed by atoms with E-state index >= 15 is 0 Å². The van der Waals surface area contributed by atoms with Gasteiger partial charge in [0.2, 0.25) is 0 Å². The van der Waals surface area contributed by atoms with Gasteiger partial charge in [0.25, 0.3) is 0 Å². The number of hydrogen-bond donors (Lipinski definition) is 0. The molecular weight excluding hydrogens is 256 g/mol. The largest absolute Gasteiger partial charge is 0.380 e. The van der Waals surface area contributed by atoms with Crippen LogP contribution in [0.3, 0.4) is 0 Å². The molecule has 2 heteroatoms. The van der Waals surface area contributed by atoms with Crippen LogP contribution in [0.1, 0.15) is 23.2 Å². The van der Waals surface area contributed by atoms with E-state index in [1.165, 1.54) is 28.0 Å². The van der Waals surface area contributed by atoms with Crippen molar-refractivity contribution < 1.29 is 0 Å². The predicted octanol–water partition coefficient (Wildman–Crippen LogP) is 4.08. The van der Waals surface area contributed by atoms with Gasteiger partial charge >= 0.3 is 0 Å². The first-order valence-corrected chi connectivity index (χ1v) is 7.39. The first kappa shape index (κ1) is 12.3. The average Bonchev–Trinajstić information content (AvgIpc) is 2.91. The lowest BCUT2D eigenvalue weighted by atomic mass is 9.91. The van der Waals surface area contributed by atoms with E-state index in [1.807, 2.05) is 0 Å². The van der Waals surface area contributed by atoms with Crippen molar-refractivity contribution in [3.63, 3.8) is 0 Å². The predicted molar refractivity (Wildman–Crippen MR) is 88.5 cm³/mol. The van der Waals surface area contributed by atoms with Crippen molar-refractivity contribution in [1.82, 2.24) is 9.47 Å². The molecule has 0 aliphatic carbocycles. The molecule has 1 aromatic carbocycles. The van der Waals surface area contributed by atoms with Crippen molar-refractivity contribution >= 4 is 17.8 Å². The molecular formula is C19H18N2. The van der Waals surface area contributed by atoms with Crippen molar-refractivity contribution in [3.05, 3.63) is 77.3 Å². The third kappa shape index (κ3) is 2.04. The van der Waals surface area contributed by atoms with Crippen LogP contribution in [0.15, 0.2) is 60.4 Å². The smallest absolute Gasteiger partial charge is 0.0531 e. The lowest BCUT2D eigenvalue weighted by Gasteiger charge is -2.23. The van der Waals surface area contributed by atoms with Crippen LogP contribution in [0.25, 0.3) is 17.8 Å². The Bertz CT molecular complexity index is 774. The summed E-state index contributed by atoms with van der Waals surface area (Å²) in [7, 11) is 2.13. The van der Waals surface area contributed by atoms with E-state index in [9.17, 15) is 0 Å². The first-order chi connectivity index (χ1) is 10.3. The molecule has 3 heterocycles. The SMILES string of the molecule is CN1C=CC(=C2c3ccccc3C=Cn3cccc32)CC1. The zero-order valence-electron chi connectivity index (χ0n) is 12.2. The summed E-state index contributed by atoms with van der Waals surface area (Å²) in [5, 5.41) is 0. The number of benzene rings is 1. The molecule has 0 saturated heterocycles. The summed E-state index contributed by atoms with van der Waals surface area (Å²) in [6, 6.07) is 13.0. The van der Waals surface area contributed by atoms with Crippen LogP contribution in [-0.2, 0) is 0 Å². The maximum absolute atomic E-state index is 2.26. The summed E-state index contributed by atoms with van der Waals surface area (Å²) >= 11 is 0. The van der Waals surface area contributed by atoms with Crippen LogP contribution in [-0.4, -0.2) is 23.1 Å². The molecule has 0 bridgehead atoms. The standard InChI is InChI=1S/C19H18N2/c1-20-12-8-16(9-13-20)19-17-6-3-2-5-15(17)10-14-21-11-4-7-18(19)21/h2-8,10-12,14H,9,13H2,1H3. The third-order valence-electron chi connectivity index (χ3n) is 4.27. The van der Waals surface area contributed by atoms with Gasteiger partial charge in [-0.2, -0.15) is 0 Å². The van der Waals surface area contributed by atoms with Gasteiger partial charge < -0.3 is 9.47 Å². The molecule has 0 unspecified atom stereocenters. The Labute approximate surface area is 125 Å². The summed E-state index contributed by atoms with van der Waals surface area (Å²) in [5.41, 5.74) is 6.68. The molecule has 0 N–H and O–H groups in total. The Morgan fingerprint density at radius 2 is 1.86 bits per heavy atom. The van der Waals surface area contributed by atoms with E-state index in [1.54, 1.807) is 0 Å². The summed E-state index contributed by atoms with van der Waals surface area (Å²) in [6.45, 7) is 1.08. The van der Waals surface area contributed by atoms with Gasteiger partial charge in [-0.15, -0.1) is 0 Å². The van der Waals surface area contributed by atoms with Gasteiger partial charge in [0.05, 0.1) is 5.69 Å². The summed E-state index contributed by atoms with van der Waals surface area (Å²) in [5.74, 6) is 0. The number of rotatable bonds is 0. The number of allylic oxidation sites excluding steroid dienone is 1.